The molecule has 2 heterocycles. The van der Waals surface area contributed by atoms with Gasteiger partial charge in [-0.2, -0.15) is 5.10 Å². The number of nitrogen functional groups attached to an aromatic ring is 1. The fourth-order valence-electron chi connectivity index (χ4n) is 1.81. The molecule has 108 valence electrons. The summed E-state index contributed by atoms with van der Waals surface area (Å²) >= 11 is 1.28. The van der Waals surface area contributed by atoms with Crippen LogP contribution in [0, 0.1) is 20.8 Å². The predicted octanol–water partition coefficient (Wildman–Crippen LogP) is 0.949. The highest BCUT2D eigenvalue weighted by Crippen LogP contribution is 2.12. The first kappa shape index (κ1) is 14.4. The maximum Gasteiger partial charge on any atom is 0.222 e. The summed E-state index contributed by atoms with van der Waals surface area (Å²) in [5.41, 5.74) is 8.76. The second-order valence-corrected chi connectivity index (χ2v) is 5.67. The molecule has 2 aromatic rings. The van der Waals surface area contributed by atoms with Crippen LogP contribution in [0.4, 0.5) is 5.13 Å². The van der Waals surface area contributed by atoms with E-state index in [0.29, 0.717) is 29.6 Å². The van der Waals surface area contributed by atoms with Gasteiger partial charge in [0.15, 0.2) is 0 Å². The standard InChI is InChI=1S/C12H18N6OS/c1-7-8(2)17-18(9(7)3)5-4-10(19)14-6-11-15-16-12(13)20-11/h4-6H2,1-3H3,(H2,13,16)(H,14,19). The average Bonchev–Trinajstić information content (AvgIpc) is 2.93. The van der Waals surface area contributed by atoms with Gasteiger partial charge in [-0.15, -0.1) is 10.2 Å². The van der Waals surface area contributed by atoms with Crippen molar-refractivity contribution in [3.63, 3.8) is 0 Å². The third-order valence-electron chi connectivity index (χ3n) is 3.21. The third-order valence-corrected chi connectivity index (χ3v) is 3.97. The van der Waals surface area contributed by atoms with E-state index in [2.05, 4.69) is 20.6 Å². The molecule has 0 saturated heterocycles. The second-order valence-electron chi connectivity index (χ2n) is 4.58. The van der Waals surface area contributed by atoms with E-state index < -0.39 is 0 Å². The van der Waals surface area contributed by atoms with Crippen molar-refractivity contribution >= 4 is 22.4 Å². The Kier molecular flexibility index (Phi) is 4.33. The van der Waals surface area contributed by atoms with Gasteiger partial charge in [-0.3, -0.25) is 9.48 Å². The molecule has 0 atom stereocenters. The zero-order valence-corrected chi connectivity index (χ0v) is 12.6. The number of amides is 1. The molecule has 0 spiro atoms. The van der Waals surface area contributed by atoms with Crippen LogP contribution in [-0.2, 0) is 17.9 Å². The minimum absolute atomic E-state index is 0.0380. The highest BCUT2D eigenvalue weighted by atomic mass is 32.1. The zero-order chi connectivity index (χ0) is 14.7. The Morgan fingerprint density at radius 1 is 1.35 bits per heavy atom. The number of hydrogen-bond acceptors (Lipinski definition) is 6. The molecule has 0 bridgehead atoms. The molecule has 0 saturated carbocycles. The number of carbonyl (C=O) groups is 1. The number of nitrogens with zero attached hydrogens (tertiary/aromatic N) is 4. The lowest BCUT2D eigenvalue weighted by Gasteiger charge is -2.05. The van der Waals surface area contributed by atoms with E-state index in [9.17, 15) is 4.79 Å². The number of anilines is 1. The van der Waals surface area contributed by atoms with Crippen LogP contribution in [0.25, 0.3) is 0 Å². The first-order valence-corrected chi connectivity index (χ1v) is 7.14. The number of aromatic nitrogens is 4. The van der Waals surface area contributed by atoms with Crippen LogP contribution in [0.5, 0.6) is 0 Å². The Balaban J connectivity index is 1.81. The van der Waals surface area contributed by atoms with Crippen molar-refractivity contribution in [1.29, 1.82) is 0 Å². The maximum absolute atomic E-state index is 11.8. The van der Waals surface area contributed by atoms with Crippen LogP contribution in [0.2, 0.25) is 0 Å². The topological polar surface area (TPSA) is 98.7 Å². The Morgan fingerprint density at radius 3 is 2.65 bits per heavy atom. The lowest BCUT2D eigenvalue weighted by molar-refractivity contribution is -0.121. The highest BCUT2D eigenvalue weighted by molar-refractivity contribution is 7.15. The third kappa shape index (κ3) is 3.32. The number of carbonyl (C=O) groups excluding carboxylic acids is 1. The van der Waals surface area contributed by atoms with E-state index >= 15 is 0 Å². The second kappa shape index (κ2) is 6.00. The van der Waals surface area contributed by atoms with Crippen molar-refractivity contribution in [2.75, 3.05) is 5.73 Å². The fraction of sp³-hybridized carbons (Fsp3) is 0.500. The van der Waals surface area contributed by atoms with Crippen LogP contribution in [0.3, 0.4) is 0 Å². The Morgan fingerprint density at radius 2 is 2.10 bits per heavy atom. The smallest absolute Gasteiger partial charge is 0.222 e. The van der Waals surface area contributed by atoms with Gasteiger partial charge in [-0.1, -0.05) is 11.3 Å². The van der Waals surface area contributed by atoms with Crippen LogP contribution >= 0.6 is 11.3 Å². The molecule has 0 radical (unpaired) electrons. The summed E-state index contributed by atoms with van der Waals surface area (Å²) in [6.45, 7) is 6.96. The van der Waals surface area contributed by atoms with Gasteiger partial charge >= 0.3 is 0 Å². The molecule has 0 aliphatic heterocycles. The zero-order valence-electron chi connectivity index (χ0n) is 11.8. The monoisotopic (exact) mass is 294 g/mol. The Hall–Kier alpha value is -1.96. The van der Waals surface area contributed by atoms with Crippen molar-refractivity contribution in [2.45, 2.75) is 40.3 Å². The molecule has 2 aromatic heterocycles. The summed E-state index contributed by atoms with van der Waals surface area (Å²) < 4.78 is 1.87. The minimum Gasteiger partial charge on any atom is -0.374 e. The van der Waals surface area contributed by atoms with E-state index in [0.717, 1.165) is 11.4 Å². The molecule has 8 heteroatoms. The van der Waals surface area contributed by atoms with Crippen LogP contribution in [0.15, 0.2) is 0 Å². The number of nitrogens with one attached hydrogen (secondary N) is 1. The molecule has 2 rings (SSSR count). The van der Waals surface area contributed by atoms with Gasteiger partial charge in [0.05, 0.1) is 12.2 Å². The summed E-state index contributed by atoms with van der Waals surface area (Å²) in [6.07, 6.45) is 0.385. The van der Waals surface area contributed by atoms with Gasteiger partial charge in [0.2, 0.25) is 11.0 Å². The molecule has 20 heavy (non-hydrogen) atoms. The SMILES string of the molecule is Cc1nn(CCC(=O)NCc2nnc(N)s2)c(C)c1C. The molecule has 1 amide bonds. The molecule has 7 nitrogen and oxygen atoms in total. The van der Waals surface area contributed by atoms with Gasteiger partial charge < -0.3 is 11.1 Å². The minimum atomic E-state index is -0.0380. The first-order chi connectivity index (χ1) is 9.47. The molecule has 0 aliphatic carbocycles. The molecule has 3 N–H and O–H groups in total. The van der Waals surface area contributed by atoms with Gasteiger partial charge in [0.25, 0.3) is 0 Å². The summed E-state index contributed by atoms with van der Waals surface area (Å²) in [6, 6.07) is 0. The van der Waals surface area contributed by atoms with Crippen LogP contribution in [-0.4, -0.2) is 25.9 Å². The number of rotatable bonds is 5. The Bertz CT molecular complexity index is 617. The van der Waals surface area contributed by atoms with Gasteiger partial charge in [-0.05, 0) is 26.3 Å². The lowest BCUT2D eigenvalue weighted by atomic mass is 10.2. The van der Waals surface area contributed by atoms with Crippen molar-refractivity contribution < 1.29 is 4.79 Å². The van der Waals surface area contributed by atoms with Crippen LogP contribution in [0.1, 0.15) is 28.4 Å². The number of aryl methyl sites for hydroxylation is 2. The quantitative estimate of drug-likeness (QED) is 0.855. The maximum atomic E-state index is 11.8. The van der Waals surface area contributed by atoms with Gasteiger partial charge in [-0.25, -0.2) is 0 Å². The molecule has 0 fully saturated rings. The number of nitrogens with two attached hydrogens (primary N) is 1. The number of hydrogen-bond donors (Lipinski definition) is 2. The lowest BCUT2D eigenvalue weighted by Crippen LogP contribution is -2.24. The Labute approximate surface area is 121 Å². The van der Waals surface area contributed by atoms with Crippen LogP contribution < -0.4 is 11.1 Å². The summed E-state index contributed by atoms with van der Waals surface area (Å²) in [5, 5.41) is 15.9. The molecular formula is C12H18N6OS. The van der Waals surface area contributed by atoms with Crippen molar-refractivity contribution in [3.8, 4) is 0 Å². The van der Waals surface area contributed by atoms with E-state index in [-0.39, 0.29) is 5.91 Å². The van der Waals surface area contributed by atoms with E-state index in [1.54, 1.807) is 0 Å². The van der Waals surface area contributed by atoms with E-state index in [1.165, 1.54) is 16.9 Å². The van der Waals surface area contributed by atoms with Crippen molar-refractivity contribution in [3.05, 3.63) is 22.0 Å². The average molecular weight is 294 g/mol. The van der Waals surface area contributed by atoms with Gasteiger partial charge in [0, 0.05) is 18.7 Å². The fourth-order valence-corrected chi connectivity index (χ4v) is 2.36. The normalized spacial score (nSPS) is 10.8. The van der Waals surface area contributed by atoms with E-state index in [4.69, 9.17) is 5.73 Å². The highest BCUT2D eigenvalue weighted by Gasteiger charge is 2.09. The predicted molar refractivity (Wildman–Crippen MR) is 77.2 cm³/mol. The molecule has 0 unspecified atom stereocenters. The molecular weight excluding hydrogens is 276 g/mol. The summed E-state index contributed by atoms with van der Waals surface area (Å²) in [4.78, 5) is 11.8. The first-order valence-electron chi connectivity index (χ1n) is 6.32. The molecule has 0 aliphatic rings. The largest absolute Gasteiger partial charge is 0.374 e. The summed E-state index contributed by atoms with van der Waals surface area (Å²) in [7, 11) is 0. The van der Waals surface area contributed by atoms with Gasteiger partial charge in [0.1, 0.15) is 5.01 Å². The molecule has 0 aromatic carbocycles. The van der Waals surface area contributed by atoms with E-state index in [1.807, 2.05) is 25.5 Å². The van der Waals surface area contributed by atoms with Crippen molar-refractivity contribution in [2.24, 2.45) is 0 Å². The van der Waals surface area contributed by atoms with Crippen molar-refractivity contribution in [1.82, 2.24) is 25.3 Å². The summed E-state index contributed by atoms with van der Waals surface area (Å²) in [5.74, 6) is -0.0380.